The molecule has 2 atom stereocenters. The van der Waals surface area contributed by atoms with Crippen molar-refractivity contribution in [3.63, 3.8) is 0 Å². The Hall–Kier alpha value is -4.77. The summed E-state index contributed by atoms with van der Waals surface area (Å²) in [5.74, 6) is -1.77. The zero-order valence-electron chi connectivity index (χ0n) is 21.3. The van der Waals surface area contributed by atoms with Gasteiger partial charge in [0, 0.05) is 6.07 Å². The maximum atomic E-state index is 14.2. The minimum absolute atomic E-state index is 0.0945. The van der Waals surface area contributed by atoms with E-state index in [1.165, 1.54) is 12.1 Å². The van der Waals surface area contributed by atoms with E-state index in [0.717, 1.165) is 17.7 Å². The van der Waals surface area contributed by atoms with Gasteiger partial charge in [-0.1, -0.05) is 78.4 Å². The Labute approximate surface area is 230 Å². The van der Waals surface area contributed by atoms with Gasteiger partial charge in [0.2, 0.25) is 0 Å². The van der Waals surface area contributed by atoms with E-state index in [1.807, 2.05) is 4.72 Å². The molecule has 206 valence electrons. The van der Waals surface area contributed by atoms with Crippen LogP contribution in [0.3, 0.4) is 0 Å². The van der Waals surface area contributed by atoms with Crippen LogP contribution in [-0.2, 0) is 10.0 Å². The van der Waals surface area contributed by atoms with Crippen LogP contribution in [0.5, 0.6) is 0 Å². The van der Waals surface area contributed by atoms with Crippen molar-refractivity contribution >= 4 is 27.8 Å². The molecule has 0 radical (unpaired) electrons. The molecule has 0 bridgehead atoms. The van der Waals surface area contributed by atoms with Gasteiger partial charge in [-0.3, -0.25) is 0 Å². The van der Waals surface area contributed by atoms with Gasteiger partial charge in [0.25, 0.3) is 10.0 Å². The first-order valence-electron chi connectivity index (χ1n) is 12.1. The van der Waals surface area contributed by atoms with Gasteiger partial charge in [-0.05, 0) is 42.3 Å². The van der Waals surface area contributed by atoms with E-state index in [0.29, 0.717) is 17.2 Å². The van der Waals surface area contributed by atoms with Crippen LogP contribution in [0.2, 0.25) is 0 Å². The van der Waals surface area contributed by atoms with Crippen LogP contribution in [0.15, 0.2) is 108 Å². The number of carbonyl (C=O) groups is 2. The third-order valence-electron chi connectivity index (χ3n) is 5.96. The zero-order chi connectivity index (χ0) is 28.7. The summed E-state index contributed by atoms with van der Waals surface area (Å²) in [6.45, 7) is 1.80. The number of sulfonamides is 1. The molecule has 0 unspecified atom stereocenters. The molecule has 0 spiro atoms. The highest BCUT2D eigenvalue weighted by Crippen LogP contribution is 2.29. The molecule has 11 heteroatoms. The SMILES string of the molecule is Cc1ccc(S(=O)(=O)NC(=O)N[C@H](c2ccccc2)[C@H](NC(=O)Nc2ccc(F)cc2F)c2ccccc2)cc1. The first-order chi connectivity index (χ1) is 19.1. The maximum Gasteiger partial charge on any atom is 0.329 e. The summed E-state index contributed by atoms with van der Waals surface area (Å²) in [6.07, 6.45) is 0. The summed E-state index contributed by atoms with van der Waals surface area (Å²) in [4.78, 5) is 26.0. The summed E-state index contributed by atoms with van der Waals surface area (Å²) >= 11 is 0. The number of halogens is 2. The van der Waals surface area contributed by atoms with Crippen molar-refractivity contribution in [1.82, 2.24) is 15.4 Å². The van der Waals surface area contributed by atoms with E-state index < -0.39 is 45.8 Å². The molecule has 0 saturated heterocycles. The second kappa shape index (κ2) is 12.4. The lowest BCUT2D eigenvalue weighted by Crippen LogP contribution is -2.46. The monoisotopic (exact) mass is 564 g/mol. The van der Waals surface area contributed by atoms with Gasteiger partial charge in [0.05, 0.1) is 22.7 Å². The first kappa shape index (κ1) is 28.2. The quantitative estimate of drug-likeness (QED) is 0.224. The Balaban J connectivity index is 1.63. The van der Waals surface area contributed by atoms with Gasteiger partial charge in [-0.2, -0.15) is 0 Å². The van der Waals surface area contributed by atoms with E-state index in [9.17, 15) is 26.8 Å². The molecule has 8 nitrogen and oxygen atoms in total. The van der Waals surface area contributed by atoms with Crippen LogP contribution >= 0.6 is 0 Å². The summed E-state index contributed by atoms with van der Waals surface area (Å²) in [7, 11) is -4.20. The predicted molar refractivity (Wildman–Crippen MR) is 147 cm³/mol. The summed E-state index contributed by atoms with van der Waals surface area (Å²) in [5.41, 5.74) is 1.71. The summed E-state index contributed by atoms with van der Waals surface area (Å²) in [5, 5.41) is 7.73. The van der Waals surface area contributed by atoms with Crippen LogP contribution in [0.4, 0.5) is 24.1 Å². The average Bonchev–Trinajstić information content (AvgIpc) is 2.93. The first-order valence-corrected chi connectivity index (χ1v) is 13.6. The standard InChI is InChI=1S/C29H26F2N4O4S/c1-19-12-15-23(16-13-19)40(38,39)35-29(37)34-27(21-10-6-3-7-11-21)26(20-8-4-2-5-9-20)33-28(36)32-25-17-14-22(30)18-24(25)31/h2-18,26-27H,1H3,(H2,32,33,36)(H2,34,35,37)/t26-,27-/m1/s1. The largest absolute Gasteiger partial charge is 0.329 e. The van der Waals surface area contributed by atoms with Gasteiger partial charge in [-0.15, -0.1) is 0 Å². The molecule has 4 aromatic carbocycles. The lowest BCUT2D eigenvalue weighted by atomic mass is 9.93. The Morgan fingerprint density at radius 3 is 1.75 bits per heavy atom. The van der Waals surface area contributed by atoms with Gasteiger partial charge >= 0.3 is 12.1 Å². The molecule has 0 aliphatic heterocycles. The van der Waals surface area contributed by atoms with E-state index >= 15 is 0 Å². The second-order valence-corrected chi connectivity index (χ2v) is 10.6. The lowest BCUT2D eigenvalue weighted by Gasteiger charge is -2.30. The third-order valence-corrected chi connectivity index (χ3v) is 7.31. The molecular formula is C29H26F2N4O4S. The van der Waals surface area contributed by atoms with Gasteiger partial charge in [-0.25, -0.2) is 31.5 Å². The lowest BCUT2D eigenvalue weighted by molar-refractivity contribution is 0.232. The Morgan fingerprint density at radius 2 is 1.23 bits per heavy atom. The number of rotatable bonds is 8. The molecule has 0 saturated carbocycles. The van der Waals surface area contributed by atoms with Crippen LogP contribution < -0.4 is 20.7 Å². The molecule has 0 heterocycles. The van der Waals surface area contributed by atoms with Crippen LogP contribution in [0, 0.1) is 18.6 Å². The summed E-state index contributed by atoms with van der Waals surface area (Å²) in [6, 6.07) is 22.2. The number of benzene rings is 4. The van der Waals surface area contributed by atoms with Crippen molar-refractivity contribution in [3.8, 4) is 0 Å². The highest BCUT2D eigenvalue weighted by molar-refractivity contribution is 7.90. The van der Waals surface area contributed by atoms with E-state index in [1.54, 1.807) is 79.7 Å². The topological polar surface area (TPSA) is 116 Å². The molecule has 4 amide bonds. The van der Waals surface area contributed by atoms with Crippen molar-refractivity contribution < 1.29 is 26.8 Å². The molecule has 0 aromatic heterocycles. The van der Waals surface area contributed by atoms with Crippen LogP contribution in [-0.4, -0.2) is 20.5 Å². The average molecular weight is 565 g/mol. The van der Waals surface area contributed by atoms with Crippen LogP contribution in [0.25, 0.3) is 0 Å². The number of carbonyl (C=O) groups excluding carboxylic acids is 2. The minimum Gasteiger partial charge on any atom is -0.329 e. The zero-order valence-corrected chi connectivity index (χ0v) is 22.1. The van der Waals surface area contributed by atoms with Gasteiger partial charge in [0.15, 0.2) is 0 Å². The molecule has 4 rings (SSSR count). The Kier molecular flexibility index (Phi) is 8.75. The predicted octanol–water partition coefficient (Wildman–Crippen LogP) is 5.57. The van der Waals surface area contributed by atoms with E-state index in [4.69, 9.17) is 0 Å². The molecule has 4 N–H and O–H groups in total. The van der Waals surface area contributed by atoms with Crippen molar-refractivity contribution in [2.24, 2.45) is 0 Å². The third kappa shape index (κ3) is 7.20. The Bertz CT molecular complexity index is 1590. The van der Waals surface area contributed by atoms with Gasteiger partial charge < -0.3 is 16.0 Å². The molecule has 0 aliphatic carbocycles. The number of aryl methyl sites for hydroxylation is 1. The number of anilines is 1. The number of nitrogens with one attached hydrogen (secondary N) is 4. The Morgan fingerprint density at radius 1 is 0.700 bits per heavy atom. The van der Waals surface area contributed by atoms with Crippen LogP contribution in [0.1, 0.15) is 28.8 Å². The highest BCUT2D eigenvalue weighted by atomic mass is 32.2. The van der Waals surface area contributed by atoms with E-state index in [-0.39, 0.29) is 10.6 Å². The van der Waals surface area contributed by atoms with Crippen molar-refractivity contribution in [2.45, 2.75) is 23.9 Å². The number of hydrogen-bond donors (Lipinski definition) is 4. The number of hydrogen-bond acceptors (Lipinski definition) is 4. The van der Waals surface area contributed by atoms with Crippen molar-refractivity contribution in [3.05, 3.63) is 131 Å². The fraction of sp³-hybridized carbons (Fsp3) is 0.103. The normalized spacial score (nSPS) is 12.6. The van der Waals surface area contributed by atoms with Crippen molar-refractivity contribution in [2.75, 3.05) is 5.32 Å². The highest BCUT2D eigenvalue weighted by Gasteiger charge is 2.30. The molecule has 40 heavy (non-hydrogen) atoms. The molecule has 4 aromatic rings. The smallest absolute Gasteiger partial charge is 0.329 e. The van der Waals surface area contributed by atoms with Gasteiger partial charge in [0.1, 0.15) is 11.6 Å². The second-order valence-electron chi connectivity index (χ2n) is 8.89. The minimum atomic E-state index is -4.20. The number of urea groups is 2. The molecule has 0 aliphatic rings. The molecule has 0 fully saturated rings. The maximum absolute atomic E-state index is 14.2. The van der Waals surface area contributed by atoms with E-state index in [2.05, 4.69) is 16.0 Å². The van der Waals surface area contributed by atoms with Crippen molar-refractivity contribution in [1.29, 1.82) is 0 Å². The summed E-state index contributed by atoms with van der Waals surface area (Å²) < 4.78 is 55.2. The fourth-order valence-electron chi connectivity index (χ4n) is 4.00. The number of amides is 4. The molecular weight excluding hydrogens is 538 g/mol. The fourth-order valence-corrected chi connectivity index (χ4v) is 4.91.